The first-order valence-electron chi connectivity index (χ1n) is 20.7. The molecule has 67 heavy (non-hydrogen) atoms. The van der Waals surface area contributed by atoms with E-state index in [1.807, 2.05) is 53.7 Å². The monoisotopic (exact) mass is 934 g/mol. The van der Waals surface area contributed by atoms with Gasteiger partial charge in [0.05, 0.1) is 28.5 Å². The maximum Gasteiger partial charge on any atom is 0.534 e. The van der Waals surface area contributed by atoms with Crippen LogP contribution in [-0.2, 0) is 10.1 Å². The highest BCUT2D eigenvalue weighted by Gasteiger charge is 2.50. The zero-order chi connectivity index (χ0) is 49.4. The molecule has 4 N–H and O–H groups in total. The van der Waals surface area contributed by atoms with Crippen molar-refractivity contribution in [1.82, 2.24) is 0 Å². The number of nitrogens with two attached hydrogens (primary N) is 1. The fourth-order valence-electron chi connectivity index (χ4n) is 7.46. The van der Waals surface area contributed by atoms with Crippen LogP contribution in [0.5, 0.6) is 11.5 Å². The highest BCUT2D eigenvalue weighted by atomic mass is 32.2. The minimum atomic E-state index is -5.95. The number of benzene rings is 5. The lowest BCUT2D eigenvalue weighted by Crippen LogP contribution is -2.36. The minimum absolute atomic E-state index is 0. The Kier molecular flexibility index (Phi) is 13.6. The number of carbonyl (C=O) groups is 6. The van der Waals surface area contributed by atoms with E-state index in [-0.39, 0.29) is 56.7 Å². The molecule has 0 spiro atoms. The Bertz CT molecular complexity index is 3040. The van der Waals surface area contributed by atoms with E-state index in [4.69, 9.17) is 5.73 Å². The summed E-state index contributed by atoms with van der Waals surface area (Å²) in [7, 11) is -5.95. The molecule has 2 atom stereocenters. The number of phenolic OH excluding ortho intramolecular Hbond substituents is 1. The molecule has 0 aromatic heterocycles. The highest BCUT2D eigenvalue weighted by molar-refractivity contribution is 7.88. The van der Waals surface area contributed by atoms with Gasteiger partial charge in [-0.15, -0.1) is 0 Å². The van der Waals surface area contributed by atoms with Crippen LogP contribution in [-0.4, -0.2) is 64.8 Å². The van der Waals surface area contributed by atoms with Crippen LogP contribution in [0, 0.1) is 11.8 Å². The summed E-state index contributed by atoms with van der Waals surface area (Å²) in [6.45, 7) is 12.0. The van der Waals surface area contributed by atoms with Crippen molar-refractivity contribution in [2.45, 2.75) is 58.1 Å². The number of aromatic hydroxyl groups is 1. The zero-order valence-electron chi connectivity index (χ0n) is 37.0. The van der Waals surface area contributed by atoms with E-state index < -0.39 is 50.3 Å². The number of allylic oxidation sites excluding steroid dienone is 4. The Labute approximate surface area is 384 Å². The molecule has 4 aliphatic carbocycles. The van der Waals surface area contributed by atoms with Crippen LogP contribution in [0.2, 0.25) is 0 Å². The number of fused-ring (bicyclic) bond motifs is 6. The van der Waals surface area contributed by atoms with Gasteiger partial charge in [0.15, 0.2) is 40.4 Å². The number of hydrogen-bond donors (Lipinski definition) is 3. The molecule has 0 aliphatic heterocycles. The number of rotatable bonds is 3. The molecule has 5 aromatic rings. The van der Waals surface area contributed by atoms with Gasteiger partial charge >= 0.3 is 15.6 Å². The Morgan fingerprint density at radius 1 is 0.537 bits per heavy atom. The number of alkyl halides is 3. The van der Waals surface area contributed by atoms with Crippen LogP contribution in [0.25, 0.3) is 0 Å². The molecule has 2 unspecified atom stereocenters. The molecule has 0 saturated carbocycles. The summed E-state index contributed by atoms with van der Waals surface area (Å²) in [6, 6.07) is 26.9. The molecule has 12 nitrogen and oxygen atoms in total. The topological polar surface area (TPSA) is 204 Å². The van der Waals surface area contributed by atoms with Crippen LogP contribution < -0.4 is 15.2 Å². The fraction of sp³-hybridized carbons (Fsp3) is 0.216. The second-order valence-electron chi connectivity index (χ2n) is 17.8. The SMILES string of the molecule is CC(C)(C)N.CC(C)(C)Nc1cccc2c1C(=O)c1ccccc1C2=O.O=C1c2cccc(OS(=O)(=O)C(F)(F)F)c2C(=O)C2C=CC=CC12.O=C1c2ccccc2C(=O)c2c(O)cccc21. The van der Waals surface area contributed by atoms with E-state index >= 15 is 0 Å². The first kappa shape index (κ1) is 49.1. The largest absolute Gasteiger partial charge is 0.534 e. The summed E-state index contributed by atoms with van der Waals surface area (Å²) in [5, 5.41) is 13.0. The second kappa shape index (κ2) is 18.5. The van der Waals surface area contributed by atoms with Crippen LogP contribution >= 0.6 is 0 Å². The summed E-state index contributed by atoms with van der Waals surface area (Å²) < 4.78 is 64.0. The van der Waals surface area contributed by atoms with E-state index in [0.717, 1.165) is 12.1 Å². The molecular weight excluding hydrogens is 890 g/mol. The number of phenols is 1. The predicted molar refractivity (Wildman–Crippen MR) is 244 cm³/mol. The fourth-order valence-corrected chi connectivity index (χ4v) is 7.93. The van der Waals surface area contributed by atoms with Crippen molar-refractivity contribution in [2.24, 2.45) is 17.6 Å². The van der Waals surface area contributed by atoms with Crippen molar-refractivity contribution >= 4 is 50.5 Å². The summed E-state index contributed by atoms with van der Waals surface area (Å²) in [4.78, 5) is 74.7. The summed E-state index contributed by atoms with van der Waals surface area (Å²) >= 11 is 0. The molecule has 0 radical (unpaired) electrons. The van der Waals surface area contributed by atoms with Crippen molar-refractivity contribution in [2.75, 3.05) is 5.32 Å². The number of halogens is 3. The number of nitrogens with one attached hydrogen (secondary N) is 1. The van der Waals surface area contributed by atoms with Crippen LogP contribution in [0.1, 0.15) is 126 Å². The quantitative estimate of drug-likeness (QED) is 0.112. The summed E-state index contributed by atoms with van der Waals surface area (Å²) in [5.41, 5.74) is 2.70. The van der Waals surface area contributed by atoms with E-state index in [1.54, 1.807) is 72.8 Å². The maximum absolute atomic E-state index is 12.8. The molecule has 16 heteroatoms. The molecule has 0 amide bonds. The number of Topliss-reactive ketones (excluding diaryl/α,β-unsaturated/α-hetero) is 2. The average Bonchev–Trinajstić information content (AvgIpc) is 3.25. The third-order valence-corrected chi connectivity index (χ3v) is 11.1. The molecule has 0 fully saturated rings. The molecule has 346 valence electrons. The highest BCUT2D eigenvalue weighted by Crippen LogP contribution is 2.40. The van der Waals surface area contributed by atoms with Gasteiger partial charge < -0.3 is 20.3 Å². The number of hydrogen-bond acceptors (Lipinski definition) is 12. The van der Waals surface area contributed by atoms with Gasteiger partial charge in [-0.25, -0.2) is 0 Å². The van der Waals surface area contributed by atoms with Crippen molar-refractivity contribution in [3.63, 3.8) is 0 Å². The zero-order valence-corrected chi connectivity index (χ0v) is 37.8. The third-order valence-electron chi connectivity index (χ3n) is 10.2. The van der Waals surface area contributed by atoms with Gasteiger partial charge in [0.25, 0.3) is 0 Å². The molecule has 9 rings (SSSR count). The average molecular weight is 935 g/mol. The Balaban J connectivity index is 0.000000159. The normalized spacial score (nSPS) is 16.7. The van der Waals surface area contributed by atoms with E-state index in [9.17, 15) is 55.5 Å². The lowest BCUT2D eigenvalue weighted by Gasteiger charge is -2.29. The number of anilines is 1. The van der Waals surface area contributed by atoms with Crippen molar-refractivity contribution in [3.8, 4) is 11.5 Å². The maximum atomic E-state index is 12.8. The first-order chi connectivity index (χ1) is 31.2. The summed E-state index contributed by atoms with van der Waals surface area (Å²) in [6.07, 6.45) is 6.09. The molecule has 0 saturated heterocycles. The number of carbonyl (C=O) groups excluding carboxylic acids is 6. The van der Waals surface area contributed by atoms with Crippen molar-refractivity contribution < 1.29 is 59.6 Å². The van der Waals surface area contributed by atoms with Gasteiger partial charge in [-0.2, -0.15) is 21.6 Å². The van der Waals surface area contributed by atoms with Gasteiger partial charge in [-0.3, -0.25) is 28.8 Å². The van der Waals surface area contributed by atoms with Gasteiger partial charge in [0.1, 0.15) is 5.75 Å². The first-order valence-corrected chi connectivity index (χ1v) is 22.1. The molecule has 4 aliphatic rings. The lowest BCUT2D eigenvalue weighted by atomic mass is 9.72. The van der Waals surface area contributed by atoms with Crippen molar-refractivity contribution in [1.29, 1.82) is 0 Å². The Morgan fingerprint density at radius 3 is 1.43 bits per heavy atom. The Hall–Kier alpha value is -7.30. The predicted octanol–water partition coefficient (Wildman–Crippen LogP) is 9.24. The smallest absolute Gasteiger partial charge is 0.507 e. The van der Waals surface area contributed by atoms with Gasteiger partial charge in [-0.1, -0.05) is 109 Å². The van der Waals surface area contributed by atoms with Crippen LogP contribution in [0.3, 0.4) is 0 Å². The van der Waals surface area contributed by atoms with Gasteiger partial charge in [0, 0.05) is 55.7 Å². The van der Waals surface area contributed by atoms with Crippen LogP contribution in [0.4, 0.5) is 18.9 Å². The summed E-state index contributed by atoms with van der Waals surface area (Å²) in [5.74, 6) is -4.43. The van der Waals surface area contributed by atoms with E-state index in [1.165, 1.54) is 30.4 Å². The lowest BCUT2D eigenvalue weighted by molar-refractivity contribution is -0.0500. The minimum Gasteiger partial charge on any atom is -0.507 e. The van der Waals surface area contributed by atoms with E-state index in [0.29, 0.717) is 39.1 Å². The van der Waals surface area contributed by atoms with Crippen molar-refractivity contribution in [3.05, 3.63) is 183 Å². The van der Waals surface area contributed by atoms with Crippen LogP contribution in [0.15, 0.2) is 127 Å². The third kappa shape index (κ3) is 10.4. The molecule has 5 aromatic carbocycles. The standard InChI is InChI=1S/C18H17NO2.C15H9F3O5S.C14H8O3.C4H11N/c1-18(2,3)19-14-10-6-9-13-15(14)17(21)12-8-5-4-7-11(12)16(13)20;16-15(17,18)24(21,22)23-11-7-3-6-10-12(11)14(20)9-5-2-1-4-8(9)13(10)19;15-11-7-3-6-10-12(11)14(17)9-5-2-1-4-8(9)13(10)16;1-4(2,3)5/h4-10,19H,1-3H3;1-9H;1-7,15H;5H2,1-3H3. The molecule has 0 bridgehead atoms. The van der Waals surface area contributed by atoms with E-state index in [2.05, 4.69) is 9.50 Å². The van der Waals surface area contributed by atoms with Gasteiger partial charge in [0.2, 0.25) is 0 Å². The Morgan fingerprint density at radius 2 is 0.940 bits per heavy atom. The van der Waals surface area contributed by atoms with Gasteiger partial charge in [-0.05, 0) is 59.7 Å². The molecule has 0 heterocycles. The second-order valence-corrected chi connectivity index (χ2v) is 19.3. The molecular formula is C51H45F3N2O10S. The number of ketones is 6.